The Morgan fingerprint density at radius 2 is 2.50 bits per heavy atom. The number of carbonyl (C=O) groups excluding carboxylic acids is 1. The van der Waals surface area contributed by atoms with Crippen LogP contribution >= 0.6 is 15.9 Å². The van der Waals surface area contributed by atoms with Crippen molar-refractivity contribution < 1.29 is 4.79 Å². The molecule has 0 heterocycles. The van der Waals surface area contributed by atoms with Crippen LogP contribution in [0.3, 0.4) is 0 Å². The fraction of sp³-hybridized carbons (Fsp3) is 0.571. The minimum atomic E-state index is -0.110. The summed E-state index contributed by atoms with van der Waals surface area (Å²) in [5.74, 6) is 2.28. The molecule has 1 atom stereocenters. The molecule has 1 amide bonds. The van der Waals surface area contributed by atoms with Gasteiger partial charge in [0.15, 0.2) is 0 Å². The van der Waals surface area contributed by atoms with E-state index in [-0.39, 0.29) is 10.7 Å². The lowest BCUT2D eigenvalue weighted by atomic mass is 10.3. The van der Waals surface area contributed by atoms with Crippen molar-refractivity contribution in [2.75, 3.05) is 6.54 Å². The first-order chi connectivity index (χ1) is 4.72. The van der Waals surface area contributed by atoms with Crippen molar-refractivity contribution in [3.63, 3.8) is 0 Å². The van der Waals surface area contributed by atoms with Gasteiger partial charge in [-0.3, -0.25) is 4.79 Å². The zero-order valence-electron chi connectivity index (χ0n) is 5.86. The molecular formula is C7H10BrNO. The van der Waals surface area contributed by atoms with Crippen LogP contribution in [0.2, 0.25) is 0 Å². The SMILES string of the molecule is C#CCNC(=O)C(Br)CC. The molecule has 0 aromatic carbocycles. The maximum atomic E-state index is 10.9. The van der Waals surface area contributed by atoms with E-state index in [4.69, 9.17) is 6.42 Å². The van der Waals surface area contributed by atoms with Gasteiger partial charge in [0.1, 0.15) is 0 Å². The maximum Gasteiger partial charge on any atom is 0.234 e. The Bertz CT molecular complexity index is 150. The number of hydrogen-bond donors (Lipinski definition) is 1. The third kappa shape index (κ3) is 3.52. The second-order valence-corrected chi connectivity index (χ2v) is 2.90. The number of alkyl halides is 1. The van der Waals surface area contributed by atoms with E-state index in [2.05, 4.69) is 27.2 Å². The van der Waals surface area contributed by atoms with E-state index in [0.29, 0.717) is 6.54 Å². The Morgan fingerprint density at radius 3 is 2.90 bits per heavy atom. The Morgan fingerprint density at radius 1 is 1.90 bits per heavy atom. The highest BCUT2D eigenvalue weighted by Crippen LogP contribution is 2.02. The summed E-state index contributed by atoms with van der Waals surface area (Å²) in [5, 5.41) is 2.56. The lowest BCUT2D eigenvalue weighted by Crippen LogP contribution is -2.30. The van der Waals surface area contributed by atoms with Crippen LogP contribution in [-0.2, 0) is 4.79 Å². The molecule has 0 bridgehead atoms. The van der Waals surface area contributed by atoms with Crippen molar-refractivity contribution in [2.45, 2.75) is 18.2 Å². The molecular weight excluding hydrogens is 194 g/mol. The van der Waals surface area contributed by atoms with E-state index >= 15 is 0 Å². The molecule has 0 aliphatic carbocycles. The first kappa shape index (κ1) is 9.51. The van der Waals surface area contributed by atoms with Gasteiger partial charge in [-0.15, -0.1) is 6.42 Å². The minimum Gasteiger partial charge on any atom is -0.344 e. The highest BCUT2D eigenvalue weighted by molar-refractivity contribution is 9.10. The molecule has 0 saturated carbocycles. The Balaban J connectivity index is 3.54. The van der Waals surface area contributed by atoms with Crippen LogP contribution in [-0.4, -0.2) is 17.3 Å². The van der Waals surface area contributed by atoms with Gasteiger partial charge in [0, 0.05) is 0 Å². The summed E-state index contributed by atoms with van der Waals surface area (Å²) in [7, 11) is 0. The van der Waals surface area contributed by atoms with Gasteiger partial charge in [0.05, 0.1) is 11.4 Å². The predicted molar refractivity (Wildman–Crippen MR) is 44.8 cm³/mol. The Hall–Kier alpha value is -0.490. The standard InChI is InChI=1S/C7H10BrNO/c1-3-5-9-7(10)6(8)4-2/h1,6H,4-5H2,2H3,(H,9,10). The molecule has 10 heavy (non-hydrogen) atoms. The monoisotopic (exact) mass is 203 g/mol. The van der Waals surface area contributed by atoms with Crippen molar-refractivity contribution in [3.8, 4) is 12.3 Å². The van der Waals surface area contributed by atoms with Gasteiger partial charge in [-0.05, 0) is 6.42 Å². The number of amides is 1. The molecule has 1 N–H and O–H groups in total. The third-order valence-electron chi connectivity index (χ3n) is 1.01. The number of rotatable bonds is 3. The zero-order chi connectivity index (χ0) is 7.98. The fourth-order valence-corrected chi connectivity index (χ4v) is 0.596. The summed E-state index contributed by atoms with van der Waals surface area (Å²) in [5.41, 5.74) is 0. The number of hydrogen-bond acceptors (Lipinski definition) is 1. The van der Waals surface area contributed by atoms with Crippen molar-refractivity contribution in [3.05, 3.63) is 0 Å². The van der Waals surface area contributed by atoms with E-state index in [1.165, 1.54) is 0 Å². The predicted octanol–water partition coefficient (Wildman–Crippen LogP) is 0.909. The second-order valence-electron chi connectivity index (χ2n) is 1.80. The average Bonchev–Trinajstić information content (AvgIpc) is 1.98. The molecule has 0 fully saturated rings. The quantitative estimate of drug-likeness (QED) is 0.537. The molecule has 0 aliphatic rings. The zero-order valence-corrected chi connectivity index (χ0v) is 7.44. The van der Waals surface area contributed by atoms with E-state index in [1.54, 1.807) is 0 Å². The van der Waals surface area contributed by atoms with E-state index in [1.807, 2.05) is 6.92 Å². The van der Waals surface area contributed by atoms with Crippen LogP contribution in [0.5, 0.6) is 0 Å². The molecule has 0 aliphatic heterocycles. The summed E-state index contributed by atoms with van der Waals surface area (Å²) in [6.45, 7) is 2.23. The highest BCUT2D eigenvalue weighted by Gasteiger charge is 2.09. The smallest absolute Gasteiger partial charge is 0.234 e. The number of halogens is 1. The van der Waals surface area contributed by atoms with Gasteiger partial charge >= 0.3 is 0 Å². The normalized spacial score (nSPS) is 11.7. The summed E-state index contributed by atoms with van der Waals surface area (Å²) in [4.78, 5) is 10.8. The van der Waals surface area contributed by atoms with Gasteiger partial charge in [-0.25, -0.2) is 0 Å². The molecule has 0 radical (unpaired) electrons. The minimum absolute atomic E-state index is 0.0412. The van der Waals surface area contributed by atoms with Crippen molar-refractivity contribution in [2.24, 2.45) is 0 Å². The number of carbonyl (C=O) groups is 1. The molecule has 0 spiro atoms. The molecule has 0 rings (SSSR count). The van der Waals surface area contributed by atoms with Gasteiger partial charge < -0.3 is 5.32 Å². The summed E-state index contributed by atoms with van der Waals surface area (Å²) >= 11 is 3.19. The van der Waals surface area contributed by atoms with Crippen LogP contribution in [0, 0.1) is 12.3 Å². The molecule has 0 saturated heterocycles. The first-order valence-corrected chi connectivity index (χ1v) is 3.99. The second kappa shape index (κ2) is 5.31. The molecule has 2 nitrogen and oxygen atoms in total. The summed E-state index contributed by atoms with van der Waals surface area (Å²) < 4.78 is 0. The van der Waals surface area contributed by atoms with Crippen molar-refractivity contribution in [1.29, 1.82) is 0 Å². The Kier molecular flexibility index (Phi) is 5.05. The molecule has 56 valence electrons. The van der Waals surface area contributed by atoms with Crippen LogP contribution < -0.4 is 5.32 Å². The van der Waals surface area contributed by atoms with E-state index in [0.717, 1.165) is 6.42 Å². The van der Waals surface area contributed by atoms with E-state index in [9.17, 15) is 4.79 Å². The largest absolute Gasteiger partial charge is 0.344 e. The van der Waals surface area contributed by atoms with Crippen molar-refractivity contribution in [1.82, 2.24) is 5.32 Å². The Labute approximate surface area is 69.5 Å². The first-order valence-electron chi connectivity index (χ1n) is 3.07. The van der Waals surface area contributed by atoms with Crippen molar-refractivity contribution >= 4 is 21.8 Å². The van der Waals surface area contributed by atoms with Gasteiger partial charge in [-0.2, -0.15) is 0 Å². The van der Waals surface area contributed by atoms with Crippen LogP contribution in [0.15, 0.2) is 0 Å². The lowest BCUT2D eigenvalue weighted by molar-refractivity contribution is -0.120. The lowest BCUT2D eigenvalue weighted by Gasteiger charge is -2.04. The molecule has 0 aromatic rings. The third-order valence-corrected chi connectivity index (χ3v) is 2.07. The number of nitrogens with one attached hydrogen (secondary N) is 1. The van der Waals surface area contributed by atoms with E-state index < -0.39 is 0 Å². The number of terminal acetylenes is 1. The average molecular weight is 204 g/mol. The summed E-state index contributed by atoms with van der Waals surface area (Å²) in [6, 6.07) is 0. The molecule has 0 aromatic heterocycles. The van der Waals surface area contributed by atoms with Gasteiger partial charge in [-0.1, -0.05) is 28.8 Å². The highest BCUT2D eigenvalue weighted by atomic mass is 79.9. The fourth-order valence-electron chi connectivity index (χ4n) is 0.434. The topological polar surface area (TPSA) is 29.1 Å². The summed E-state index contributed by atoms with van der Waals surface area (Å²) in [6.07, 6.45) is 5.71. The molecule has 3 heteroatoms. The maximum absolute atomic E-state index is 10.9. The van der Waals surface area contributed by atoms with Crippen LogP contribution in [0.1, 0.15) is 13.3 Å². The molecule has 1 unspecified atom stereocenters. The van der Waals surface area contributed by atoms with Gasteiger partial charge in [0.2, 0.25) is 5.91 Å². The van der Waals surface area contributed by atoms with Crippen LogP contribution in [0.4, 0.5) is 0 Å². The van der Waals surface area contributed by atoms with Gasteiger partial charge in [0.25, 0.3) is 0 Å². The van der Waals surface area contributed by atoms with Crippen LogP contribution in [0.25, 0.3) is 0 Å².